The van der Waals surface area contributed by atoms with E-state index in [0.29, 0.717) is 27.8 Å². The van der Waals surface area contributed by atoms with Crippen molar-refractivity contribution in [2.45, 2.75) is 29.5 Å². The van der Waals surface area contributed by atoms with Gasteiger partial charge in [0.1, 0.15) is 11.6 Å². The number of aromatic nitrogens is 1. The highest BCUT2D eigenvalue weighted by Gasteiger charge is 2.19. The van der Waals surface area contributed by atoms with Crippen molar-refractivity contribution in [3.8, 4) is 0 Å². The summed E-state index contributed by atoms with van der Waals surface area (Å²) >= 11 is 7.21. The number of nitrogens with zero attached hydrogens (tertiary/aromatic N) is 1. The second-order valence-corrected chi connectivity index (χ2v) is 8.57. The largest absolute Gasteiger partial charge is 0.260 e. The monoisotopic (exact) mass is 389 g/mol. The van der Waals surface area contributed by atoms with E-state index in [-0.39, 0.29) is 5.25 Å². The van der Waals surface area contributed by atoms with Crippen LogP contribution in [0.4, 0.5) is 8.78 Å². The molecular weight excluding hydrogens is 372 g/mol. The maximum atomic E-state index is 14.2. The third-order valence-corrected chi connectivity index (χ3v) is 5.76. The molecule has 130 valence electrons. The quantitative estimate of drug-likeness (QED) is 0.447. The fourth-order valence-electron chi connectivity index (χ4n) is 2.25. The van der Waals surface area contributed by atoms with Crippen LogP contribution in [0.2, 0.25) is 5.02 Å². The van der Waals surface area contributed by atoms with Gasteiger partial charge in [0.15, 0.2) is 0 Å². The van der Waals surface area contributed by atoms with E-state index in [9.17, 15) is 13.0 Å². The summed E-state index contributed by atoms with van der Waals surface area (Å²) < 4.78 is 38.9. The first-order chi connectivity index (χ1) is 11.5. The second kappa shape index (κ2) is 9.49. The molecule has 2 atom stereocenters. The van der Waals surface area contributed by atoms with Gasteiger partial charge in [-0.2, -0.15) is 0 Å². The Morgan fingerprint density at radius 3 is 2.71 bits per heavy atom. The van der Waals surface area contributed by atoms with Gasteiger partial charge in [0.05, 0.1) is 10.0 Å². The molecule has 0 bridgehead atoms. The van der Waals surface area contributed by atoms with E-state index < -0.39 is 22.4 Å². The van der Waals surface area contributed by atoms with Crippen molar-refractivity contribution in [2.75, 3.05) is 12.0 Å². The van der Waals surface area contributed by atoms with Gasteiger partial charge in [0.2, 0.25) is 0 Å². The molecule has 0 spiro atoms. The molecule has 0 radical (unpaired) electrons. The SMILES string of the molecule is CS(=O)CCCCC(Sc1ccc(Cl)cn1)c1cc(F)ccc1F. The molecular formula is C17H18ClF2NOS2. The molecule has 0 aliphatic carbocycles. The van der Waals surface area contributed by atoms with E-state index >= 15 is 0 Å². The summed E-state index contributed by atoms with van der Waals surface area (Å²) in [5, 5.41) is 0.963. The smallest absolute Gasteiger partial charge is 0.127 e. The van der Waals surface area contributed by atoms with Gasteiger partial charge in [-0.25, -0.2) is 13.8 Å². The summed E-state index contributed by atoms with van der Waals surface area (Å²) in [5.41, 5.74) is 0.328. The molecule has 0 N–H and O–H groups in total. The highest BCUT2D eigenvalue weighted by molar-refractivity contribution is 7.99. The maximum Gasteiger partial charge on any atom is 0.127 e. The van der Waals surface area contributed by atoms with Crippen molar-refractivity contribution >= 4 is 34.2 Å². The number of hydrogen-bond donors (Lipinski definition) is 0. The van der Waals surface area contributed by atoms with Crippen LogP contribution < -0.4 is 0 Å². The predicted octanol–water partition coefficient (Wildman–Crippen LogP) is 5.40. The standard InChI is InChI=1S/C17H18ClF2NOS2/c1-24(22)9-3-2-4-16(14-10-13(19)6-7-15(14)20)23-17-8-5-12(18)11-21-17/h5-8,10-11,16H,2-4,9H2,1H3. The van der Waals surface area contributed by atoms with E-state index in [2.05, 4.69) is 4.98 Å². The summed E-state index contributed by atoms with van der Waals surface area (Å²) in [5.74, 6) is -0.278. The van der Waals surface area contributed by atoms with Gasteiger partial charge in [0.25, 0.3) is 0 Å². The fraction of sp³-hybridized carbons (Fsp3) is 0.353. The number of benzene rings is 1. The first kappa shape index (κ1) is 19.3. The normalized spacial score (nSPS) is 13.7. The molecule has 2 nitrogen and oxygen atoms in total. The number of halogens is 3. The van der Waals surface area contributed by atoms with Crippen molar-refractivity contribution in [1.82, 2.24) is 4.98 Å². The molecule has 1 aromatic carbocycles. The fourth-order valence-corrected chi connectivity index (χ4v) is 4.12. The van der Waals surface area contributed by atoms with Crippen molar-refractivity contribution in [3.05, 3.63) is 58.7 Å². The van der Waals surface area contributed by atoms with Crippen molar-refractivity contribution < 1.29 is 13.0 Å². The van der Waals surface area contributed by atoms with E-state index in [0.717, 1.165) is 25.0 Å². The molecule has 7 heteroatoms. The van der Waals surface area contributed by atoms with Crippen molar-refractivity contribution in [3.63, 3.8) is 0 Å². The lowest BCUT2D eigenvalue weighted by atomic mass is 10.1. The molecule has 1 aromatic heterocycles. The van der Waals surface area contributed by atoms with Gasteiger partial charge in [0, 0.05) is 39.8 Å². The number of pyridine rings is 1. The molecule has 0 saturated heterocycles. The summed E-state index contributed by atoms with van der Waals surface area (Å²) in [7, 11) is -0.841. The van der Waals surface area contributed by atoms with E-state index in [1.165, 1.54) is 24.0 Å². The molecule has 0 aliphatic rings. The highest BCUT2D eigenvalue weighted by atomic mass is 35.5. The topological polar surface area (TPSA) is 30.0 Å². The number of thioether (sulfide) groups is 1. The van der Waals surface area contributed by atoms with Crippen molar-refractivity contribution in [2.24, 2.45) is 0 Å². The summed E-state index contributed by atoms with van der Waals surface area (Å²) in [6.45, 7) is 0. The van der Waals surface area contributed by atoms with Gasteiger partial charge in [-0.1, -0.05) is 29.8 Å². The summed E-state index contributed by atoms with van der Waals surface area (Å²) in [6, 6.07) is 6.98. The van der Waals surface area contributed by atoms with E-state index in [1.54, 1.807) is 18.4 Å². The van der Waals surface area contributed by atoms with Gasteiger partial charge >= 0.3 is 0 Å². The Balaban J connectivity index is 2.15. The predicted molar refractivity (Wildman–Crippen MR) is 97.0 cm³/mol. The van der Waals surface area contributed by atoms with Crippen LogP contribution in [0.25, 0.3) is 0 Å². The van der Waals surface area contributed by atoms with Crippen LogP contribution in [0, 0.1) is 11.6 Å². The number of unbranched alkanes of at least 4 members (excludes halogenated alkanes) is 1. The van der Waals surface area contributed by atoms with Crippen LogP contribution in [0.15, 0.2) is 41.6 Å². The Bertz CT molecular complexity index is 697. The zero-order valence-electron chi connectivity index (χ0n) is 13.2. The Kier molecular flexibility index (Phi) is 7.65. The van der Waals surface area contributed by atoms with Crippen LogP contribution in [-0.4, -0.2) is 21.2 Å². The lowest BCUT2D eigenvalue weighted by Crippen LogP contribution is -2.02. The zero-order chi connectivity index (χ0) is 17.5. The Morgan fingerprint density at radius 2 is 2.04 bits per heavy atom. The molecule has 1 heterocycles. The highest BCUT2D eigenvalue weighted by Crippen LogP contribution is 2.39. The van der Waals surface area contributed by atoms with Crippen LogP contribution >= 0.6 is 23.4 Å². The Morgan fingerprint density at radius 1 is 1.25 bits per heavy atom. The number of rotatable bonds is 8. The van der Waals surface area contributed by atoms with Crippen molar-refractivity contribution in [1.29, 1.82) is 0 Å². The van der Waals surface area contributed by atoms with Crippen LogP contribution in [0.1, 0.15) is 30.1 Å². The lowest BCUT2D eigenvalue weighted by molar-refractivity contribution is 0.574. The van der Waals surface area contributed by atoms with Gasteiger partial charge in [-0.3, -0.25) is 4.21 Å². The van der Waals surface area contributed by atoms with Crippen LogP contribution in [0.5, 0.6) is 0 Å². The first-order valence-electron chi connectivity index (χ1n) is 7.49. The molecule has 2 aromatic rings. The van der Waals surface area contributed by atoms with Crippen LogP contribution in [0.3, 0.4) is 0 Å². The average molecular weight is 390 g/mol. The molecule has 0 saturated carbocycles. The molecule has 2 rings (SSSR count). The van der Waals surface area contributed by atoms with Gasteiger partial charge < -0.3 is 0 Å². The average Bonchev–Trinajstić information content (AvgIpc) is 2.54. The first-order valence-corrected chi connectivity index (χ1v) is 10.5. The van der Waals surface area contributed by atoms with Gasteiger partial charge in [-0.05, 0) is 43.2 Å². The zero-order valence-corrected chi connectivity index (χ0v) is 15.6. The molecule has 2 unspecified atom stereocenters. The second-order valence-electron chi connectivity index (χ2n) is 5.36. The Hall–Kier alpha value is -0.980. The third-order valence-electron chi connectivity index (χ3n) is 3.42. The lowest BCUT2D eigenvalue weighted by Gasteiger charge is -2.17. The summed E-state index contributed by atoms with van der Waals surface area (Å²) in [6.07, 6.45) is 5.40. The minimum atomic E-state index is -0.841. The van der Waals surface area contributed by atoms with Crippen LogP contribution in [-0.2, 0) is 10.8 Å². The van der Waals surface area contributed by atoms with E-state index in [4.69, 9.17) is 11.6 Å². The third kappa shape index (κ3) is 6.15. The number of hydrogen-bond acceptors (Lipinski definition) is 3. The Labute approximate surface area is 152 Å². The van der Waals surface area contributed by atoms with Gasteiger partial charge in [-0.15, -0.1) is 0 Å². The summed E-state index contributed by atoms with van der Waals surface area (Å²) in [4.78, 5) is 4.22. The molecule has 0 aliphatic heterocycles. The minimum absolute atomic E-state index is 0.264. The molecule has 0 fully saturated rings. The maximum absolute atomic E-state index is 14.2. The molecule has 24 heavy (non-hydrogen) atoms. The van der Waals surface area contributed by atoms with E-state index in [1.807, 2.05) is 0 Å². The minimum Gasteiger partial charge on any atom is -0.260 e. The molecule has 0 amide bonds.